The average Bonchev–Trinajstić information content (AvgIpc) is 2.29. The Morgan fingerprint density at radius 2 is 2.12 bits per heavy atom. The van der Waals surface area contributed by atoms with Crippen LogP contribution in [0.15, 0.2) is 10.5 Å². The SMILES string of the molecule is Cc1cc2c(c(Br)c1C(C)CCN)OCCO2. The van der Waals surface area contributed by atoms with Gasteiger partial charge in [0.25, 0.3) is 0 Å². The van der Waals surface area contributed by atoms with Crippen LogP contribution in [0.25, 0.3) is 0 Å². The molecule has 0 amide bonds. The molecular weight excluding hydrogens is 282 g/mol. The lowest BCUT2D eigenvalue weighted by Crippen LogP contribution is -2.17. The largest absolute Gasteiger partial charge is 0.486 e. The van der Waals surface area contributed by atoms with Crippen molar-refractivity contribution < 1.29 is 9.47 Å². The van der Waals surface area contributed by atoms with E-state index in [0.717, 1.165) is 22.4 Å². The highest BCUT2D eigenvalue weighted by Gasteiger charge is 2.22. The fraction of sp³-hybridized carbons (Fsp3) is 0.538. The topological polar surface area (TPSA) is 44.5 Å². The summed E-state index contributed by atoms with van der Waals surface area (Å²) < 4.78 is 12.3. The Bertz CT molecular complexity index is 420. The van der Waals surface area contributed by atoms with Crippen LogP contribution in [-0.4, -0.2) is 19.8 Å². The Morgan fingerprint density at radius 3 is 2.82 bits per heavy atom. The number of rotatable bonds is 3. The normalized spacial score (nSPS) is 15.8. The molecule has 0 fully saturated rings. The number of halogens is 1. The lowest BCUT2D eigenvalue weighted by atomic mass is 9.93. The van der Waals surface area contributed by atoms with E-state index in [2.05, 4.69) is 35.8 Å². The molecule has 1 aromatic carbocycles. The van der Waals surface area contributed by atoms with E-state index in [-0.39, 0.29) is 0 Å². The van der Waals surface area contributed by atoms with Gasteiger partial charge in [-0.1, -0.05) is 6.92 Å². The maximum Gasteiger partial charge on any atom is 0.175 e. The molecule has 1 unspecified atom stereocenters. The molecule has 94 valence electrons. The molecule has 4 heteroatoms. The fourth-order valence-electron chi connectivity index (χ4n) is 2.28. The molecular formula is C13H18BrNO2. The molecule has 1 aliphatic rings. The second-order valence-electron chi connectivity index (χ2n) is 4.42. The zero-order valence-electron chi connectivity index (χ0n) is 10.3. The zero-order chi connectivity index (χ0) is 12.4. The Hall–Kier alpha value is -0.740. The zero-order valence-corrected chi connectivity index (χ0v) is 11.8. The summed E-state index contributed by atoms with van der Waals surface area (Å²) in [5.41, 5.74) is 8.14. The van der Waals surface area contributed by atoms with Gasteiger partial charge in [0.1, 0.15) is 13.2 Å². The molecule has 2 rings (SSSR count). The third-order valence-electron chi connectivity index (χ3n) is 3.11. The average molecular weight is 300 g/mol. The van der Waals surface area contributed by atoms with Crippen LogP contribution in [0.4, 0.5) is 0 Å². The summed E-state index contributed by atoms with van der Waals surface area (Å²) in [6, 6.07) is 2.06. The molecule has 3 nitrogen and oxygen atoms in total. The van der Waals surface area contributed by atoms with E-state index in [9.17, 15) is 0 Å². The highest BCUT2D eigenvalue weighted by atomic mass is 79.9. The van der Waals surface area contributed by atoms with Crippen LogP contribution in [0, 0.1) is 6.92 Å². The van der Waals surface area contributed by atoms with E-state index < -0.39 is 0 Å². The molecule has 0 aromatic heterocycles. The number of hydrogen-bond acceptors (Lipinski definition) is 3. The van der Waals surface area contributed by atoms with Gasteiger partial charge in [-0.2, -0.15) is 0 Å². The van der Waals surface area contributed by atoms with E-state index in [4.69, 9.17) is 15.2 Å². The molecule has 0 bridgehead atoms. The molecule has 0 saturated carbocycles. The Balaban J connectivity index is 2.45. The number of hydrogen-bond donors (Lipinski definition) is 1. The summed E-state index contributed by atoms with van der Waals surface area (Å²) in [7, 11) is 0. The van der Waals surface area contributed by atoms with Gasteiger partial charge >= 0.3 is 0 Å². The number of aryl methyl sites for hydroxylation is 1. The van der Waals surface area contributed by atoms with E-state index in [0.29, 0.717) is 25.7 Å². The minimum atomic E-state index is 0.421. The molecule has 17 heavy (non-hydrogen) atoms. The van der Waals surface area contributed by atoms with Gasteiger partial charge in [0.2, 0.25) is 0 Å². The number of fused-ring (bicyclic) bond motifs is 1. The standard InChI is InChI=1S/C13H18BrNO2/c1-8(3-4-15)11-9(2)7-10-13(12(11)14)17-6-5-16-10/h7-8H,3-6,15H2,1-2H3. The monoisotopic (exact) mass is 299 g/mol. The second kappa shape index (κ2) is 5.27. The van der Waals surface area contributed by atoms with Crippen molar-refractivity contribution in [3.8, 4) is 11.5 Å². The fourth-order valence-corrected chi connectivity index (χ4v) is 3.29. The van der Waals surface area contributed by atoms with Crippen LogP contribution < -0.4 is 15.2 Å². The molecule has 1 aromatic rings. The van der Waals surface area contributed by atoms with E-state index in [1.165, 1.54) is 11.1 Å². The van der Waals surface area contributed by atoms with Gasteiger partial charge in [0, 0.05) is 0 Å². The van der Waals surface area contributed by atoms with Gasteiger partial charge in [-0.3, -0.25) is 0 Å². The van der Waals surface area contributed by atoms with E-state index >= 15 is 0 Å². The number of benzene rings is 1. The first-order valence-corrected chi connectivity index (χ1v) is 6.73. The van der Waals surface area contributed by atoms with Crippen molar-refractivity contribution in [3.63, 3.8) is 0 Å². The predicted octanol–water partition coefficient (Wildman–Crippen LogP) is 2.98. The number of nitrogens with two attached hydrogens (primary N) is 1. The minimum absolute atomic E-state index is 0.421. The maximum absolute atomic E-state index is 5.68. The summed E-state index contributed by atoms with van der Waals surface area (Å²) in [4.78, 5) is 0. The summed E-state index contributed by atoms with van der Waals surface area (Å²) in [6.07, 6.45) is 0.971. The second-order valence-corrected chi connectivity index (χ2v) is 5.22. The molecule has 0 radical (unpaired) electrons. The minimum Gasteiger partial charge on any atom is -0.486 e. The highest BCUT2D eigenvalue weighted by Crippen LogP contribution is 2.44. The van der Waals surface area contributed by atoms with Gasteiger partial charge < -0.3 is 15.2 Å². The van der Waals surface area contributed by atoms with Crippen molar-refractivity contribution in [1.29, 1.82) is 0 Å². The highest BCUT2D eigenvalue weighted by molar-refractivity contribution is 9.10. The van der Waals surface area contributed by atoms with Crippen molar-refractivity contribution in [2.75, 3.05) is 19.8 Å². The lowest BCUT2D eigenvalue weighted by molar-refractivity contribution is 0.170. The molecule has 0 spiro atoms. The van der Waals surface area contributed by atoms with Crippen LogP contribution >= 0.6 is 15.9 Å². The third kappa shape index (κ3) is 2.43. The smallest absolute Gasteiger partial charge is 0.175 e. The summed E-state index contributed by atoms with van der Waals surface area (Å²) >= 11 is 3.64. The first-order valence-electron chi connectivity index (χ1n) is 5.93. The van der Waals surface area contributed by atoms with Gasteiger partial charge in [0.15, 0.2) is 11.5 Å². The van der Waals surface area contributed by atoms with Crippen molar-refractivity contribution >= 4 is 15.9 Å². The van der Waals surface area contributed by atoms with Gasteiger partial charge in [-0.25, -0.2) is 0 Å². The van der Waals surface area contributed by atoms with Crippen LogP contribution in [0.3, 0.4) is 0 Å². The van der Waals surface area contributed by atoms with Crippen LogP contribution in [-0.2, 0) is 0 Å². The first kappa shape index (κ1) is 12.7. The number of ether oxygens (including phenoxy) is 2. The molecule has 1 aliphatic heterocycles. The summed E-state index contributed by atoms with van der Waals surface area (Å²) in [5, 5.41) is 0. The Labute approximate surface area is 110 Å². The molecule has 2 N–H and O–H groups in total. The third-order valence-corrected chi connectivity index (χ3v) is 3.90. The van der Waals surface area contributed by atoms with Gasteiger partial charge in [-0.05, 0) is 58.9 Å². The molecule has 1 atom stereocenters. The van der Waals surface area contributed by atoms with E-state index in [1.807, 2.05) is 0 Å². The van der Waals surface area contributed by atoms with Crippen molar-refractivity contribution in [3.05, 3.63) is 21.7 Å². The Kier molecular flexibility index (Phi) is 3.94. The van der Waals surface area contributed by atoms with Gasteiger partial charge in [-0.15, -0.1) is 0 Å². The van der Waals surface area contributed by atoms with Crippen molar-refractivity contribution in [2.24, 2.45) is 5.73 Å². The van der Waals surface area contributed by atoms with Crippen LogP contribution in [0.2, 0.25) is 0 Å². The molecule has 0 aliphatic carbocycles. The molecule has 1 heterocycles. The maximum atomic E-state index is 5.68. The van der Waals surface area contributed by atoms with E-state index in [1.54, 1.807) is 0 Å². The quantitative estimate of drug-likeness (QED) is 0.933. The Morgan fingerprint density at radius 1 is 1.41 bits per heavy atom. The lowest BCUT2D eigenvalue weighted by Gasteiger charge is -2.24. The van der Waals surface area contributed by atoms with Crippen LogP contribution in [0.5, 0.6) is 11.5 Å². The summed E-state index contributed by atoms with van der Waals surface area (Å²) in [5.74, 6) is 2.09. The van der Waals surface area contributed by atoms with Crippen molar-refractivity contribution in [1.82, 2.24) is 0 Å². The predicted molar refractivity (Wildman–Crippen MR) is 72.0 cm³/mol. The first-order chi connectivity index (χ1) is 8.15. The molecule has 0 saturated heterocycles. The van der Waals surface area contributed by atoms with Crippen molar-refractivity contribution in [2.45, 2.75) is 26.2 Å². The van der Waals surface area contributed by atoms with Crippen LogP contribution in [0.1, 0.15) is 30.4 Å². The summed E-state index contributed by atoms with van der Waals surface area (Å²) in [6.45, 7) is 6.22. The van der Waals surface area contributed by atoms with Gasteiger partial charge in [0.05, 0.1) is 4.47 Å².